The van der Waals surface area contributed by atoms with Crippen molar-refractivity contribution in [2.24, 2.45) is 4.99 Å². The van der Waals surface area contributed by atoms with Gasteiger partial charge in [-0.3, -0.25) is 19.5 Å². The van der Waals surface area contributed by atoms with Crippen LogP contribution in [0, 0.1) is 5.82 Å². The van der Waals surface area contributed by atoms with E-state index in [2.05, 4.69) is 21.4 Å². The molecule has 1 saturated heterocycles. The van der Waals surface area contributed by atoms with Gasteiger partial charge in [0.15, 0.2) is 5.82 Å². The number of carbonyl (C=O) groups excluding carboxylic acids is 2. The maximum absolute atomic E-state index is 15.4. The average molecular weight is 615 g/mol. The first kappa shape index (κ1) is 33.2. The van der Waals surface area contributed by atoms with Gasteiger partial charge in [0.1, 0.15) is 18.0 Å². The lowest BCUT2D eigenvalue weighted by atomic mass is 9.97. The maximum atomic E-state index is 15.4. The number of aryl methyl sites for hydroxylation is 1. The normalized spacial score (nSPS) is 15.5. The highest BCUT2D eigenvalue weighted by molar-refractivity contribution is 6.07. The van der Waals surface area contributed by atoms with Crippen molar-refractivity contribution in [3.8, 4) is 11.3 Å². The zero-order valence-corrected chi connectivity index (χ0v) is 27.2. The first-order valence-electron chi connectivity index (χ1n) is 15.3. The summed E-state index contributed by atoms with van der Waals surface area (Å²) in [4.78, 5) is 50.0. The summed E-state index contributed by atoms with van der Waals surface area (Å²) < 4.78 is 15.4. The molecule has 3 aromatic rings. The fourth-order valence-electron chi connectivity index (χ4n) is 5.90. The molecule has 1 fully saturated rings. The van der Waals surface area contributed by atoms with Crippen molar-refractivity contribution >= 4 is 35.3 Å². The largest absolute Gasteiger partial charge is 0.398 e. The lowest BCUT2D eigenvalue weighted by Gasteiger charge is -2.41. The molecule has 2 aromatic heterocycles. The SMILES string of the molecule is C=CC(=O)N1CCN(C(=NC)c2cc(CC)c(-c3c(N)cccc3F)nc2N(C=O)c2c(C(C)C)ncnc2C(C)C)C[C@@H]1C. The third-order valence-electron chi connectivity index (χ3n) is 8.13. The number of anilines is 3. The number of nitrogen functional groups attached to an aromatic ring is 1. The van der Waals surface area contributed by atoms with Crippen molar-refractivity contribution in [3.05, 3.63) is 71.6 Å². The lowest BCUT2D eigenvalue weighted by Crippen LogP contribution is -2.55. The molecule has 3 heterocycles. The number of nitrogens with two attached hydrogens (primary N) is 1. The highest BCUT2D eigenvalue weighted by atomic mass is 19.1. The highest BCUT2D eigenvalue weighted by Gasteiger charge is 2.33. The number of carbonyl (C=O) groups is 2. The van der Waals surface area contributed by atoms with Gasteiger partial charge in [-0.05, 0) is 55.0 Å². The molecule has 2 amide bonds. The maximum Gasteiger partial charge on any atom is 0.246 e. The molecule has 1 aliphatic heterocycles. The molecule has 2 N–H and O–H groups in total. The summed E-state index contributed by atoms with van der Waals surface area (Å²) >= 11 is 0. The Bertz CT molecular complexity index is 1570. The Morgan fingerprint density at radius 3 is 2.38 bits per heavy atom. The molecule has 238 valence electrons. The fraction of sp³-hybridized carbons (Fsp3) is 0.412. The minimum absolute atomic E-state index is 0.0429. The standard InChI is InChI=1S/C34H43FN8O2/c1-9-23-16-24(33(37-8)41-14-15-42(22(7)17-41)27(45)10-2)34(40-31(23)28-25(35)12-11-13-26(28)36)43(19-44)32-29(20(3)4)38-18-39-30(32)21(5)6/h10-13,16,18-22H,2,9,14-15,17,36H2,1,3-8H3/t22-/m0/s1. The number of pyridine rings is 1. The Balaban J connectivity index is 2.04. The molecule has 1 aliphatic rings. The first-order chi connectivity index (χ1) is 21.5. The van der Waals surface area contributed by atoms with E-state index in [1.165, 1.54) is 23.4 Å². The van der Waals surface area contributed by atoms with E-state index in [1.807, 2.05) is 47.6 Å². The highest BCUT2D eigenvalue weighted by Crippen LogP contribution is 2.40. The lowest BCUT2D eigenvalue weighted by molar-refractivity contribution is -0.129. The number of piperazine rings is 1. The number of amides is 2. The molecule has 0 radical (unpaired) electrons. The molecule has 0 unspecified atom stereocenters. The van der Waals surface area contributed by atoms with Gasteiger partial charge in [0.05, 0.1) is 33.9 Å². The molecule has 45 heavy (non-hydrogen) atoms. The van der Waals surface area contributed by atoms with E-state index in [0.29, 0.717) is 66.6 Å². The quantitative estimate of drug-likeness (QED) is 0.112. The number of aliphatic imine (C=N–C) groups is 1. The Kier molecular flexibility index (Phi) is 10.3. The summed E-state index contributed by atoms with van der Waals surface area (Å²) in [6.45, 7) is 17.1. The van der Waals surface area contributed by atoms with Crippen LogP contribution in [0.3, 0.4) is 0 Å². The van der Waals surface area contributed by atoms with Crippen LogP contribution >= 0.6 is 0 Å². The summed E-state index contributed by atoms with van der Waals surface area (Å²) in [5.41, 5.74) is 10.3. The molecular formula is C34H43FN8O2. The molecule has 1 aromatic carbocycles. The van der Waals surface area contributed by atoms with E-state index in [-0.39, 0.29) is 40.9 Å². The van der Waals surface area contributed by atoms with Crippen LogP contribution < -0.4 is 10.6 Å². The van der Waals surface area contributed by atoms with Crippen molar-refractivity contribution in [1.29, 1.82) is 0 Å². The molecule has 0 spiro atoms. The van der Waals surface area contributed by atoms with Crippen LogP contribution in [-0.4, -0.2) is 75.6 Å². The third kappa shape index (κ3) is 6.43. The third-order valence-corrected chi connectivity index (χ3v) is 8.13. The Morgan fingerprint density at radius 2 is 1.87 bits per heavy atom. The molecule has 0 saturated carbocycles. The molecule has 4 rings (SSSR count). The van der Waals surface area contributed by atoms with E-state index < -0.39 is 5.82 Å². The molecule has 1 atom stereocenters. The fourth-order valence-corrected chi connectivity index (χ4v) is 5.90. The van der Waals surface area contributed by atoms with Crippen molar-refractivity contribution in [2.45, 2.75) is 65.8 Å². The predicted molar refractivity (Wildman–Crippen MR) is 177 cm³/mol. The van der Waals surface area contributed by atoms with Crippen molar-refractivity contribution in [2.75, 3.05) is 37.3 Å². The van der Waals surface area contributed by atoms with Gasteiger partial charge in [-0.25, -0.2) is 19.3 Å². The van der Waals surface area contributed by atoms with Gasteiger partial charge in [0.2, 0.25) is 12.3 Å². The minimum Gasteiger partial charge on any atom is -0.398 e. The number of aromatic nitrogens is 3. The summed E-state index contributed by atoms with van der Waals surface area (Å²) in [6.07, 6.45) is 4.06. The van der Waals surface area contributed by atoms with Gasteiger partial charge in [0, 0.05) is 38.4 Å². The molecule has 0 aliphatic carbocycles. The first-order valence-corrected chi connectivity index (χ1v) is 15.3. The summed E-state index contributed by atoms with van der Waals surface area (Å²) in [7, 11) is 1.69. The van der Waals surface area contributed by atoms with Crippen molar-refractivity contribution in [3.63, 3.8) is 0 Å². The minimum atomic E-state index is -0.511. The molecule has 11 heteroatoms. The van der Waals surface area contributed by atoms with Gasteiger partial charge >= 0.3 is 0 Å². The van der Waals surface area contributed by atoms with Crippen LogP contribution in [0.25, 0.3) is 11.3 Å². The van der Waals surface area contributed by atoms with Gasteiger partial charge in [-0.1, -0.05) is 47.3 Å². The van der Waals surface area contributed by atoms with E-state index in [9.17, 15) is 9.59 Å². The predicted octanol–water partition coefficient (Wildman–Crippen LogP) is 5.46. The van der Waals surface area contributed by atoms with E-state index in [4.69, 9.17) is 15.7 Å². The van der Waals surface area contributed by atoms with Crippen LogP contribution in [0.15, 0.2) is 48.2 Å². The number of nitrogens with zero attached hydrogens (tertiary/aromatic N) is 7. The number of amidine groups is 1. The van der Waals surface area contributed by atoms with E-state index in [1.54, 1.807) is 24.1 Å². The Morgan fingerprint density at radius 1 is 1.20 bits per heavy atom. The second-order valence-corrected chi connectivity index (χ2v) is 11.8. The molecule has 10 nitrogen and oxygen atoms in total. The summed E-state index contributed by atoms with van der Waals surface area (Å²) in [5.74, 6) is 0.133. The van der Waals surface area contributed by atoms with E-state index in [0.717, 1.165) is 5.56 Å². The number of benzene rings is 1. The van der Waals surface area contributed by atoms with Crippen LogP contribution in [0.1, 0.15) is 75.9 Å². The number of hydrogen-bond donors (Lipinski definition) is 1. The average Bonchev–Trinajstić information content (AvgIpc) is 3.01. The van der Waals surface area contributed by atoms with Crippen LogP contribution in [0.4, 0.5) is 21.6 Å². The monoisotopic (exact) mass is 614 g/mol. The number of halogens is 1. The van der Waals surface area contributed by atoms with Gasteiger partial charge in [0.25, 0.3) is 0 Å². The summed E-state index contributed by atoms with van der Waals surface area (Å²) in [6, 6.07) is 6.33. The summed E-state index contributed by atoms with van der Waals surface area (Å²) in [5, 5.41) is 0. The molecular weight excluding hydrogens is 571 g/mol. The van der Waals surface area contributed by atoms with Gasteiger partial charge in [-0.15, -0.1) is 0 Å². The van der Waals surface area contributed by atoms with E-state index >= 15 is 4.39 Å². The van der Waals surface area contributed by atoms with Crippen LogP contribution in [0.5, 0.6) is 0 Å². The number of rotatable bonds is 9. The van der Waals surface area contributed by atoms with Crippen LogP contribution in [0.2, 0.25) is 0 Å². The Hall–Kier alpha value is -4.67. The van der Waals surface area contributed by atoms with Gasteiger partial charge < -0.3 is 15.5 Å². The number of hydrogen-bond acceptors (Lipinski definition) is 7. The molecule has 0 bridgehead atoms. The zero-order valence-electron chi connectivity index (χ0n) is 27.2. The zero-order chi connectivity index (χ0) is 33.0. The van der Waals surface area contributed by atoms with Gasteiger partial charge in [-0.2, -0.15) is 0 Å². The Labute approximate surface area is 264 Å². The topological polar surface area (TPSA) is 121 Å². The van der Waals surface area contributed by atoms with Crippen molar-refractivity contribution < 1.29 is 14.0 Å². The van der Waals surface area contributed by atoms with Crippen molar-refractivity contribution in [1.82, 2.24) is 24.8 Å². The second kappa shape index (κ2) is 14.0. The van der Waals surface area contributed by atoms with Crippen LogP contribution in [-0.2, 0) is 16.0 Å². The second-order valence-electron chi connectivity index (χ2n) is 11.8. The smallest absolute Gasteiger partial charge is 0.246 e.